The summed E-state index contributed by atoms with van der Waals surface area (Å²) in [4.78, 5) is 10.5. The summed E-state index contributed by atoms with van der Waals surface area (Å²) in [6.45, 7) is 0. The number of carboxylic acids is 1. The van der Waals surface area contributed by atoms with Crippen LogP contribution in [0.2, 0.25) is 0 Å². The number of aliphatic carboxylic acids is 1. The van der Waals surface area contributed by atoms with Crippen molar-refractivity contribution in [1.29, 1.82) is 0 Å². The van der Waals surface area contributed by atoms with Crippen molar-refractivity contribution in [3.63, 3.8) is 0 Å². The van der Waals surface area contributed by atoms with Crippen molar-refractivity contribution in [3.8, 4) is 0 Å². The third-order valence-corrected chi connectivity index (χ3v) is 3.50. The molecule has 106 valence electrons. The monoisotopic (exact) mass is 293 g/mol. The van der Waals surface area contributed by atoms with E-state index in [9.17, 15) is 18.0 Å². The largest absolute Gasteiger partial charge is 0.480 e. The van der Waals surface area contributed by atoms with Gasteiger partial charge in [-0.1, -0.05) is 12.1 Å². The van der Waals surface area contributed by atoms with E-state index in [1.54, 1.807) is 0 Å². The molecule has 0 radical (unpaired) electrons. The number of hydrogen-bond donors (Lipinski definition) is 2. The molecular formula is C12H14F3NO2S. The van der Waals surface area contributed by atoms with E-state index in [-0.39, 0.29) is 0 Å². The van der Waals surface area contributed by atoms with Crippen LogP contribution in [0.25, 0.3) is 0 Å². The predicted molar refractivity (Wildman–Crippen MR) is 67.8 cm³/mol. The summed E-state index contributed by atoms with van der Waals surface area (Å²) in [6.07, 6.45) is -3.99. The molecule has 0 aliphatic heterocycles. The normalized spacial score (nSPS) is 13.3. The van der Waals surface area contributed by atoms with Gasteiger partial charge in [0.05, 0.1) is 5.56 Å². The Hall–Kier alpha value is -1.21. The highest BCUT2D eigenvalue weighted by atomic mass is 32.2. The summed E-state index contributed by atoms with van der Waals surface area (Å²) >= 11 is 1.44. The minimum atomic E-state index is -4.32. The van der Waals surface area contributed by atoms with E-state index in [1.165, 1.54) is 23.9 Å². The zero-order valence-corrected chi connectivity index (χ0v) is 10.8. The maximum Gasteiger partial charge on any atom is 0.416 e. The molecule has 0 amide bonds. The fraction of sp³-hybridized carbons (Fsp3) is 0.417. The van der Waals surface area contributed by atoms with Crippen LogP contribution in [-0.4, -0.2) is 22.9 Å². The second-order valence-electron chi connectivity index (χ2n) is 3.98. The number of benzene rings is 1. The van der Waals surface area contributed by atoms with E-state index in [0.29, 0.717) is 17.9 Å². The Morgan fingerprint density at radius 1 is 1.32 bits per heavy atom. The highest BCUT2D eigenvalue weighted by Crippen LogP contribution is 2.29. The van der Waals surface area contributed by atoms with E-state index in [4.69, 9.17) is 10.8 Å². The first-order chi connectivity index (χ1) is 8.80. The highest BCUT2D eigenvalue weighted by Gasteiger charge is 2.29. The molecule has 0 aromatic heterocycles. The number of carbonyl (C=O) groups is 1. The van der Waals surface area contributed by atoms with E-state index < -0.39 is 23.8 Å². The minimum Gasteiger partial charge on any atom is -0.480 e. The fourth-order valence-electron chi connectivity index (χ4n) is 1.31. The van der Waals surface area contributed by atoms with Gasteiger partial charge in [-0.05, 0) is 29.9 Å². The van der Waals surface area contributed by atoms with Crippen molar-refractivity contribution in [2.24, 2.45) is 5.73 Å². The lowest BCUT2D eigenvalue weighted by atomic mass is 10.1. The molecule has 1 aromatic carbocycles. The van der Waals surface area contributed by atoms with Crippen molar-refractivity contribution in [3.05, 3.63) is 35.4 Å². The van der Waals surface area contributed by atoms with Gasteiger partial charge in [0.25, 0.3) is 0 Å². The Kier molecular flexibility index (Phi) is 5.68. The molecule has 7 heteroatoms. The van der Waals surface area contributed by atoms with Crippen LogP contribution >= 0.6 is 11.8 Å². The van der Waals surface area contributed by atoms with Gasteiger partial charge in [0.1, 0.15) is 6.04 Å². The Labute approximate surface area is 113 Å². The minimum absolute atomic E-state index is 0.334. The van der Waals surface area contributed by atoms with Crippen molar-refractivity contribution in [2.75, 3.05) is 5.75 Å². The summed E-state index contributed by atoms with van der Waals surface area (Å²) in [6, 6.07) is 4.04. The van der Waals surface area contributed by atoms with Gasteiger partial charge in [-0.15, -0.1) is 0 Å². The first-order valence-corrected chi connectivity index (χ1v) is 6.68. The maximum absolute atomic E-state index is 12.3. The number of nitrogens with two attached hydrogens (primary N) is 1. The third kappa shape index (κ3) is 5.52. The molecule has 0 spiro atoms. The fourth-order valence-corrected chi connectivity index (χ4v) is 2.31. The molecule has 1 aromatic rings. The van der Waals surface area contributed by atoms with Crippen LogP contribution < -0.4 is 5.73 Å². The lowest BCUT2D eigenvalue weighted by Gasteiger charge is -2.08. The summed E-state index contributed by atoms with van der Waals surface area (Å²) < 4.78 is 36.9. The molecule has 0 heterocycles. The van der Waals surface area contributed by atoms with Crippen molar-refractivity contribution < 1.29 is 23.1 Å². The summed E-state index contributed by atoms with van der Waals surface area (Å²) in [5.74, 6) is 0.0361. The molecule has 3 nitrogen and oxygen atoms in total. The summed E-state index contributed by atoms with van der Waals surface area (Å²) in [5.41, 5.74) is 5.42. The van der Waals surface area contributed by atoms with Crippen LogP contribution in [0.15, 0.2) is 24.3 Å². The molecule has 1 unspecified atom stereocenters. The summed E-state index contributed by atoms with van der Waals surface area (Å²) in [7, 11) is 0. The quantitative estimate of drug-likeness (QED) is 0.792. The number of rotatable bonds is 6. The molecule has 1 atom stereocenters. The van der Waals surface area contributed by atoms with Crippen LogP contribution in [0.1, 0.15) is 17.5 Å². The third-order valence-electron chi connectivity index (χ3n) is 2.44. The molecule has 0 aliphatic rings. The van der Waals surface area contributed by atoms with Gasteiger partial charge < -0.3 is 10.8 Å². The Balaban J connectivity index is 2.37. The Morgan fingerprint density at radius 2 is 1.89 bits per heavy atom. The zero-order valence-electron chi connectivity index (χ0n) is 9.98. The predicted octanol–water partition coefficient (Wildman–Crippen LogP) is 2.74. The number of alkyl halides is 3. The van der Waals surface area contributed by atoms with Crippen LogP contribution in [0.4, 0.5) is 13.2 Å². The Bertz CT molecular complexity index is 420. The van der Waals surface area contributed by atoms with E-state index in [2.05, 4.69) is 0 Å². The lowest BCUT2D eigenvalue weighted by molar-refractivity contribution is -0.139. The molecule has 0 saturated carbocycles. The van der Waals surface area contributed by atoms with Gasteiger partial charge in [0.15, 0.2) is 0 Å². The van der Waals surface area contributed by atoms with Gasteiger partial charge in [-0.3, -0.25) is 4.79 Å². The maximum atomic E-state index is 12.3. The first kappa shape index (κ1) is 15.8. The lowest BCUT2D eigenvalue weighted by Crippen LogP contribution is -2.30. The van der Waals surface area contributed by atoms with E-state index >= 15 is 0 Å². The second-order valence-corrected chi connectivity index (χ2v) is 5.09. The van der Waals surface area contributed by atoms with Gasteiger partial charge in [0, 0.05) is 5.75 Å². The molecule has 3 N–H and O–H groups in total. The number of thioether (sulfide) groups is 1. The molecule has 0 aliphatic carbocycles. The van der Waals surface area contributed by atoms with Crippen molar-refractivity contribution in [1.82, 2.24) is 0 Å². The smallest absolute Gasteiger partial charge is 0.416 e. The zero-order chi connectivity index (χ0) is 14.5. The average Bonchev–Trinajstić information content (AvgIpc) is 2.33. The molecule has 0 saturated heterocycles. The highest BCUT2D eigenvalue weighted by molar-refractivity contribution is 7.98. The van der Waals surface area contributed by atoms with Crippen molar-refractivity contribution >= 4 is 17.7 Å². The number of hydrogen-bond acceptors (Lipinski definition) is 3. The van der Waals surface area contributed by atoms with Crippen LogP contribution in [-0.2, 0) is 16.7 Å². The molecular weight excluding hydrogens is 279 g/mol. The molecule has 0 fully saturated rings. The van der Waals surface area contributed by atoms with Crippen LogP contribution in [0, 0.1) is 0 Å². The first-order valence-electron chi connectivity index (χ1n) is 5.53. The van der Waals surface area contributed by atoms with Gasteiger partial charge in [0.2, 0.25) is 0 Å². The van der Waals surface area contributed by atoms with Crippen LogP contribution in [0.3, 0.4) is 0 Å². The van der Waals surface area contributed by atoms with Crippen LogP contribution in [0.5, 0.6) is 0 Å². The second kappa shape index (κ2) is 6.81. The number of halogens is 3. The average molecular weight is 293 g/mol. The van der Waals surface area contributed by atoms with E-state index in [0.717, 1.165) is 17.7 Å². The Morgan fingerprint density at radius 3 is 2.37 bits per heavy atom. The van der Waals surface area contributed by atoms with Crippen molar-refractivity contribution in [2.45, 2.75) is 24.4 Å². The standard InChI is InChI=1S/C12H14F3NO2S/c13-12(14,15)9-3-1-8(2-4-9)7-19-6-5-10(16)11(17)18/h1-4,10H,5-7,16H2,(H,17,18). The molecule has 0 bridgehead atoms. The topological polar surface area (TPSA) is 63.3 Å². The summed E-state index contributed by atoms with van der Waals surface area (Å²) in [5, 5.41) is 8.56. The number of carboxylic acid groups (broad SMARTS) is 1. The van der Waals surface area contributed by atoms with Gasteiger partial charge in [-0.25, -0.2) is 0 Å². The SMILES string of the molecule is NC(CCSCc1ccc(C(F)(F)F)cc1)C(=O)O. The van der Waals surface area contributed by atoms with Gasteiger partial charge in [-0.2, -0.15) is 24.9 Å². The molecule has 19 heavy (non-hydrogen) atoms. The van der Waals surface area contributed by atoms with Gasteiger partial charge >= 0.3 is 12.1 Å². The van der Waals surface area contributed by atoms with E-state index in [1.807, 2.05) is 0 Å². The molecule has 1 rings (SSSR count).